The minimum absolute atomic E-state index is 0.0790. The van der Waals surface area contributed by atoms with E-state index < -0.39 is 5.91 Å². The Kier molecular flexibility index (Phi) is 7.96. The number of benzene rings is 2. The molecular formula is C23H27N3O7. The second kappa shape index (κ2) is 11.1. The molecule has 1 aromatic heterocycles. The lowest BCUT2D eigenvalue weighted by Crippen LogP contribution is -2.13. The van der Waals surface area contributed by atoms with Crippen LogP contribution in [0.1, 0.15) is 31.1 Å². The topological polar surface area (TPSA) is 114 Å². The third kappa shape index (κ3) is 5.46. The van der Waals surface area contributed by atoms with Gasteiger partial charge in [0, 0.05) is 5.56 Å². The van der Waals surface area contributed by atoms with Crippen LogP contribution in [0.15, 0.2) is 34.7 Å². The summed E-state index contributed by atoms with van der Waals surface area (Å²) in [6, 6.07) is 8.25. The molecule has 0 aliphatic carbocycles. The number of aromatic nitrogens is 2. The van der Waals surface area contributed by atoms with Gasteiger partial charge in [0.15, 0.2) is 11.5 Å². The molecule has 1 amide bonds. The molecule has 10 heteroatoms. The van der Waals surface area contributed by atoms with Gasteiger partial charge < -0.3 is 28.1 Å². The fourth-order valence-electron chi connectivity index (χ4n) is 3.05. The van der Waals surface area contributed by atoms with Gasteiger partial charge in [-0.15, -0.1) is 5.10 Å². The quantitative estimate of drug-likeness (QED) is 0.452. The van der Waals surface area contributed by atoms with E-state index in [9.17, 15) is 4.79 Å². The van der Waals surface area contributed by atoms with Crippen LogP contribution >= 0.6 is 0 Å². The van der Waals surface area contributed by atoms with E-state index >= 15 is 0 Å². The van der Waals surface area contributed by atoms with Gasteiger partial charge in [0.05, 0.1) is 39.6 Å². The first kappa shape index (κ1) is 23.7. The Morgan fingerprint density at radius 3 is 2.12 bits per heavy atom. The average Bonchev–Trinajstić information content (AvgIpc) is 3.29. The standard InChI is InChI=1S/C23H27N3O7/c1-6-30-18-11-14(12-19(31-7-2)20(18)32-8-3)21(27)24-23-26-25-22(33-23)16-13-15(28-4)9-10-17(16)29-5/h9-13H,6-8H2,1-5H3,(H,24,26,27). The zero-order chi connectivity index (χ0) is 23.8. The van der Waals surface area contributed by atoms with Crippen molar-refractivity contribution in [2.75, 3.05) is 39.4 Å². The first-order valence-electron chi connectivity index (χ1n) is 10.5. The molecule has 0 aliphatic rings. The monoisotopic (exact) mass is 457 g/mol. The molecule has 0 aliphatic heterocycles. The van der Waals surface area contributed by atoms with Gasteiger partial charge in [-0.3, -0.25) is 10.1 Å². The fourth-order valence-corrected chi connectivity index (χ4v) is 3.05. The van der Waals surface area contributed by atoms with Gasteiger partial charge in [0.25, 0.3) is 11.8 Å². The summed E-state index contributed by atoms with van der Waals surface area (Å²) in [5, 5.41) is 10.5. The molecule has 0 unspecified atom stereocenters. The highest BCUT2D eigenvalue weighted by atomic mass is 16.5. The van der Waals surface area contributed by atoms with Crippen LogP contribution in [-0.4, -0.2) is 50.1 Å². The van der Waals surface area contributed by atoms with Gasteiger partial charge in [-0.2, -0.15) is 0 Å². The number of hydrogen-bond acceptors (Lipinski definition) is 9. The van der Waals surface area contributed by atoms with E-state index in [0.717, 1.165) is 0 Å². The van der Waals surface area contributed by atoms with Gasteiger partial charge in [-0.25, -0.2) is 0 Å². The van der Waals surface area contributed by atoms with Gasteiger partial charge in [-0.1, -0.05) is 5.10 Å². The maximum absolute atomic E-state index is 12.9. The zero-order valence-electron chi connectivity index (χ0n) is 19.3. The maximum Gasteiger partial charge on any atom is 0.322 e. The Morgan fingerprint density at radius 1 is 0.879 bits per heavy atom. The number of amides is 1. The summed E-state index contributed by atoms with van der Waals surface area (Å²) in [4.78, 5) is 12.9. The molecular weight excluding hydrogens is 430 g/mol. The fraction of sp³-hybridized carbons (Fsp3) is 0.348. The van der Waals surface area contributed by atoms with E-state index in [4.69, 9.17) is 28.1 Å². The van der Waals surface area contributed by atoms with Crippen molar-refractivity contribution in [3.63, 3.8) is 0 Å². The molecule has 176 valence electrons. The average molecular weight is 457 g/mol. The van der Waals surface area contributed by atoms with Gasteiger partial charge in [-0.05, 0) is 51.1 Å². The highest BCUT2D eigenvalue weighted by Crippen LogP contribution is 2.39. The summed E-state index contributed by atoms with van der Waals surface area (Å²) < 4.78 is 33.2. The van der Waals surface area contributed by atoms with E-state index in [0.29, 0.717) is 54.1 Å². The number of methoxy groups -OCH3 is 2. The Morgan fingerprint density at radius 2 is 1.55 bits per heavy atom. The van der Waals surface area contributed by atoms with Crippen LogP contribution in [-0.2, 0) is 0 Å². The van der Waals surface area contributed by atoms with Crippen LogP contribution in [0.3, 0.4) is 0 Å². The van der Waals surface area contributed by atoms with E-state index in [-0.39, 0.29) is 17.5 Å². The Labute approximate surface area is 191 Å². The zero-order valence-corrected chi connectivity index (χ0v) is 19.3. The van der Waals surface area contributed by atoms with Crippen LogP contribution in [0.25, 0.3) is 11.5 Å². The van der Waals surface area contributed by atoms with Gasteiger partial charge in [0.2, 0.25) is 5.75 Å². The summed E-state index contributed by atoms with van der Waals surface area (Å²) in [7, 11) is 3.08. The predicted octanol–water partition coefficient (Wildman–Crippen LogP) is 4.20. The molecule has 2 aromatic carbocycles. The lowest BCUT2D eigenvalue weighted by molar-refractivity contribution is 0.102. The minimum atomic E-state index is -0.479. The molecule has 0 bridgehead atoms. The molecule has 0 saturated carbocycles. The van der Waals surface area contributed by atoms with Gasteiger partial charge in [0.1, 0.15) is 11.5 Å². The lowest BCUT2D eigenvalue weighted by Gasteiger charge is -2.16. The molecule has 0 radical (unpaired) electrons. The molecule has 33 heavy (non-hydrogen) atoms. The minimum Gasteiger partial charge on any atom is -0.497 e. The summed E-state index contributed by atoms with van der Waals surface area (Å²) in [5.74, 6) is 2.06. The normalized spacial score (nSPS) is 10.5. The summed E-state index contributed by atoms with van der Waals surface area (Å²) >= 11 is 0. The van der Waals surface area contributed by atoms with Crippen molar-refractivity contribution in [3.8, 4) is 40.2 Å². The van der Waals surface area contributed by atoms with E-state index in [1.165, 1.54) is 7.11 Å². The largest absolute Gasteiger partial charge is 0.497 e. The molecule has 3 rings (SSSR count). The molecule has 0 atom stereocenters. The van der Waals surface area contributed by atoms with Gasteiger partial charge >= 0.3 is 6.01 Å². The summed E-state index contributed by atoms with van der Waals surface area (Å²) in [6.07, 6.45) is 0. The molecule has 0 fully saturated rings. The first-order chi connectivity index (χ1) is 16.0. The second-order valence-electron chi connectivity index (χ2n) is 6.53. The van der Waals surface area contributed by atoms with Crippen LogP contribution in [0.4, 0.5) is 6.01 Å². The molecule has 10 nitrogen and oxygen atoms in total. The third-order valence-electron chi connectivity index (χ3n) is 4.45. The highest BCUT2D eigenvalue weighted by molar-refractivity contribution is 6.04. The van der Waals surface area contributed by atoms with Crippen LogP contribution in [0, 0.1) is 0 Å². The van der Waals surface area contributed by atoms with Crippen molar-refractivity contribution in [3.05, 3.63) is 35.9 Å². The number of carbonyl (C=O) groups is 1. The maximum atomic E-state index is 12.9. The third-order valence-corrected chi connectivity index (χ3v) is 4.45. The Balaban J connectivity index is 1.89. The van der Waals surface area contributed by atoms with Crippen molar-refractivity contribution < 1.29 is 32.9 Å². The number of nitrogens with zero attached hydrogens (tertiary/aromatic N) is 2. The number of ether oxygens (including phenoxy) is 5. The van der Waals surface area contributed by atoms with Crippen molar-refractivity contribution >= 4 is 11.9 Å². The SMILES string of the molecule is CCOc1cc(C(=O)Nc2nnc(-c3cc(OC)ccc3OC)o2)cc(OCC)c1OCC. The van der Waals surface area contributed by atoms with E-state index in [2.05, 4.69) is 15.5 Å². The second-order valence-corrected chi connectivity index (χ2v) is 6.53. The number of anilines is 1. The summed E-state index contributed by atoms with van der Waals surface area (Å²) in [6.45, 7) is 6.75. The van der Waals surface area contributed by atoms with E-state index in [1.807, 2.05) is 20.8 Å². The number of hydrogen-bond donors (Lipinski definition) is 1. The molecule has 0 saturated heterocycles. The predicted molar refractivity (Wildman–Crippen MR) is 121 cm³/mol. The van der Waals surface area contributed by atoms with Crippen LogP contribution < -0.4 is 29.0 Å². The Hall–Kier alpha value is -3.95. The van der Waals surface area contributed by atoms with Crippen molar-refractivity contribution in [2.24, 2.45) is 0 Å². The highest BCUT2D eigenvalue weighted by Gasteiger charge is 2.21. The van der Waals surface area contributed by atoms with E-state index in [1.54, 1.807) is 37.4 Å². The first-order valence-corrected chi connectivity index (χ1v) is 10.5. The molecule has 1 N–H and O–H groups in total. The van der Waals surface area contributed by atoms with Crippen molar-refractivity contribution in [2.45, 2.75) is 20.8 Å². The number of nitrogens with one attached hydrogen (secondary N) is 1. The summed E-state index contributed by atoms with van der Waals surface area (Å²) in [5.41, 5.74) is 0.812. The Bertz CT molecular complexity index is 1070. The smallest absolute Gasteiger partial charge is 0.322 e. The molecule has 3 aromatic rings. The van der Waals surface area contributed by atoms with Crippen molar-refractivity contribution in [1.29, 1.82) is 0 Å². The van der Waals surface area contributed by atoms with Crippen LogP contribution in [0.2, 0.25) is 0 Å². The lowest BCUT2D eigenvalue weighted by atomic mass is 10.1. The molecule has 0 spiro atoms. The van der Waals surface area contributed by atoms with Crippen molar-refractivity contribution in [1.82, 2.24) is 10.2 Å². The molecule has 1 heterocycles. The number of carbonyl (C=O) groups excluding carboxylic acids is 1. The van der Waals surface area contributed by atoms with Crippen LogP contribution in [0.5, 0.6) is 28.7 Å². The number of rotatable bonds is 11.